The molecule has 2 aromatic rings. The number of rotatable bonds is 8. The number of amides is 1. The second kappa shape index (κ2) is 13.3. The number of hydrogen-bond donors (Lipinski definition) is 0. The van der Waals surface area contributed by atoms with Gasteiger partial charge < -0.3 is 19.1 Å². The fourth-order valence-corrected chi connectivity index (χ4v) is 5.96. The maximum absolute atomic E-state index is 15.4. The van der Waals surface area contributed by atoms with E-state index in [4.69, 9.17) is 16.3 Å². The third-order valence-electron chi connectivity index (χ3n) is 8.00. The number of hydrogen-bond acceptors (Lipinski definition) is 7. The summed E-state index contributed by atoms with van der Waals surface area (Å²) in [4.78, 5) is 39.8. The average Bonchev–Trinajstić information content (AvgIpc) is 3.66. The number of piperidine rings is 1. The van der Waals surface area contributed by atoms with Crippen LogP contribution in [0.5, 0.6) is 11.5 Å². The van der Waals surface area contributed by atoms with Crippen molar-refractivity contribution in [2.45, 2.75) is 75.7 Å². The van der Waals surface area contributed by atoms with Gasteiger partial charge in [-0.15, -0.1) is 13.2 Å². The van der Waals surface area contributed by atoms with E-state index in [9.17, 15) is 40.7 Å². The summed E-state index contributed by atoms with van der Waals surface area (Å²) < 4.78 is 105. The van der Waals surface area contributed by atoms with Crippen molar-refractivity contribution in [3.8, 4) is 11.5 Å². The Labute approximate surface area is 263 Å². The number of ether oxygens (including phenoxy) is 3. The molecule has 0 bridgehead atoms. The third kappa shape index (κ3) is 8.41. The highest BCUT2D eigenvalue weighted by atomic mass is 35.5. The molecule has 1 atom stereocenters. The largest absolute Gasteiger partial charge is 0.573 e. The first kappa shape index (κ1) is 33.8. The minimum Gasteiger partial charge on any atom is -0.490 e. The monoisotopic (exact) mass is 680 g/mol. The lowest BCUT2D eigenvalue weighted by Crippen LogP contribution is -2.43. The van der Waals surface area contributed by atoms with Crippen LogP contribution in [0.2, 0.25) is 5.02 Å². The van der Waals surface area contributed by atoms with Gasteiger partial charge in [-0.2, -0.15) is 13.2 Å². The number of carbonyl (C=O) groups excluding carboxylic acids is 3. The third-order valence-corrected chi connectivity index (χ3v) is 8.21. The highest BCUT2D eigenvalue weighted by Gasteiger charge is 2.45. The minimum atomic E-state index is -5.39. The van der Waals surface area contributed by atoms with Crippen molar-refractivity contribution in [3.05, 3.63) is 57.9 Å². The van der Waals surface area contributed by atoms with Crippen LogP contribution in [0.1, 0.15) is 65.9 Å². The normalized spacial score (nSPS) is 19.7. The van der Waals surface area contributed by atoms with Crippen molar-refractivity contribution in [2.75, 3.05) is 19.6 Å². The summed E-state index contributed by atoms with van der Waals surface area (Å²) in [5.41, 5.74) is 1.09. The molecule has 1 amide bonds. The van der Waals surface area contributed by atoms with Gasteiger partial charge in [0.2, 0.25) is 0 Å². The van der Waals surface area contributed by atoms with Crippen LogP contribution in [0.4, 0.5) is 30.7 Å². The molecular formula is C30H28ClF7N2O6. The zero-order valence-electron chi connectivity index (χ0n) is 24.1. The first-order valence-electron chi connectivity index (χ1n) is 14.5. The first-order chi connectivity index (χ1) is 21.6. The molecule has 3 fully saturated rings. The summed E-state index contributed by atoms with van der Waals surface area (Å²) in [6.45, 7) is 1.38. The lowest BCUT2D eigenvalue weighted by atomic mass is 9.97. The molecule has 2 heterocycles. The Morgan fingerprint density at radius 3 is 2.17 bits per heavy atom. The Bertz CT molecular complexity index is 1490. The number of nitrogens with zero attached hydrogens (tertiary/aromatic N) is 2. The van der Waals surface area contributed by atoms with Crippen molar-refractivity contribution in [1.29, 1.82) is 0 Å². The first-order valence-corrected chi connectivity index (χ1v) is 14.9. The van der Waals surface area contributed by atoms with Crippen LogP contribution in [-0.2, 0) is 20.9 Å². The molecule has 0 spiro atoms. The van der Waals surface area contributed by atoms with Gasteiger partial charge in [-0.3, -0.25) is 9.69 Å². The maximum Gasteiger partial charge on any atom is 0.573 e. The molecule has 1 aliphatic carbocycles. The van der Waals surface area contributed by atoms with Gasteiger partial charge >= 0.3 is 24.5 Å². The summed E-state index contributed by atoms with van der Waals surface area (Å²) >= 11 is 5.93. The average molecular weight is 681 g/mol. The van der Waals surface area contributed by atoms with E-state index < -0.39 is 48.0 Å². The van der Waals surface area contributed by atoms with Crippen LogP contribution in [0, 0.1) is 5.82 Å². The minimum absolute atomic E-state index is 0.0162. The summed E-state index contributed by atoms with van der Waals surface area (Å²) in [7, 11) is 0. The van der Waals surface area contributed by atoms with E-state index in [0.717, 1.165) is 35.4 Å². The number of benzene rings is 2. The van der Waals surface area contributed by atoms with E-state index in [1.165, 1.54) is 18.2 Å². The molecule has 1 saturated carbocycles. The van der Waals surface area contributed by atoms with Crippen LogP contribution in [0.3, 0.4) is 0 Å². The molecule has 46 heavy (non-hydrogen) atoms. The Balaban J connectivity index is 1.23. The van der Waals surface area contributed by atoms with Crippen molar-refractivity contribution >= 4 is 29.4 Å². The fourth-order valence-electron chi connectivity index (χ4n) is 5.75. The Morgan fingerprint density at radius 2 is 1.54 bits per heavy atom. The second-order valence-corrected chi connectivity index (χ2v) is 11.9. The molecule has 3 aliphatic rings. The molecule has 16 heteroatoms. The SMILES string of the molecule is O=C(OC(=O)C(F)(F)F)[C@@H]1CCCN1C(=O)c1cc(C2CC2)c(CN2CCC(Oc3cc(Cl)cc(OC(F)(F)F)c3)CC2)cc1F. The highest BCUT2D eigenvalue weighted by Crippen LogP contribution is 2.43. The van der Waals surface area contributed by atoms with E-state index >= 15 is 4.39 Å². The molecule has 250 valence electrons. The van der Waals surface area contributed by atoms with Gasteiger partial charge in [0.25, 0.3) is 5.91 Å². The number of likely N-dealkylation sites (tertiary alicyclic amines) is 2. The topological polar surface area (TPSA) is 85.4 Å². The van der Waals surface area contributed by atoms with Gasteiger partial charge in [0.05, 0.1) is 5.56 Å². The van der Waals surface area contributed by atoms with Crippen molar-refractivity contribution in [3.63, 3.8) is 0 Å². The maximum atomic E-state index is 15.4. The molecule has 2 saturated heterocycles. The molecular weight excluding hydrogens is 653 g/mol. The summed E-state index contributed by atoms with van der Waals surface area (Å²) in [5.74, 6) is -6.23. The molecule has 8 nitrogen and oxygen atoms in total. The number of alkyl halides is 6. The van der Waals surface area contributed by atoms with Crippen LogP contribution < -0.4 is 9.47 Å². The number of halogens is 8. The van der Waals surface area contributed by atoms with Crippen molar-refractivity contribution in [1.82, 2.24) is 9.80 Å². The number of esters is 2. The van der Waals surface area contributed by atoms with Gasteiger partial charge in [0, 0.05) is 37.3 Å². The fraction of sp³-hybridized carbons (Fsp3) is 0.500. The van der Waals surface area contributed by atoms with Gasteiger partial charge in [-0.05, 0) is 79.8 Å². The molecule has 5 rings (SSSR count). The molecule has 0 radical (unpaired) electrons. The van der Waals surface area contributed by atoms with Gasteiger partial charge in [-0.1, -0.05) is 11.6 Å². The summed E-state index contributed by atoms with van der Waals surface area (Å²) in [5, 5.41) is 0.0162. The number of carbonyl (C=O) groups is 3. The van der Waals surface area contributed by atoms with E-state index in [1.54, 1.807) is 0 Å². The van der Waals surface area contributed by atoms with Crippen LogP contribution >= 0.6 is 11.6 Å². The van der Waals surface area contributed by atoms with Gasteiger partial charge in [0.15, 0.2) is 0 Å². The molecule has 0 aromatic heterocycles. The quantitative estimate of drug-likeness (QED) is 0.178. The predicted molar refractivity (Wildman–Crippen MR) is 147 cm³/mol. The zero-order chi connectivity index (χ0) is 33.4. The van der Waals surface area contributed by atoms with E-state index in [0.29, 0.717) is 38.0 Å². The Hall–Kier alpha value is -3.59. The van der Waals surface area contributed by atoms with E-state index in [1.807, 2.05) is 0 Å². The predicted octanol–water partition coefficient (Wildman–Crippen LogP) is 6.54. The van der Waals surface area contributed by atoms with Crippen LogP contribution in [0.15, 0.2) is 30.3 Å². The summed E-state index contributed by atoms with van der Waals surface area (Å²) in [6.07, 6.45) is -7.71. The zero-order valence-corrected chi connectivity index (χ0v) is 24.8. The Morgan fingerprint density at radius 1 is 0.870 bits per heavy atom. The highest BCUT2D eigenvalue weighted by molar-refractivity contribution is 6.30. The molecule has 2 aromatic carbocycles. The lowest BCUT2D eigenvalue weighted by Gasteiger charge is -2.33. The van der Waals surface area contributed by atoms with Crippen molar-refractivity contribution in [2.24, 2.45) is 0 Å². The standard InChI is InChI=1S/C30H28ClF7N2O6/c31-18-11-20(13-21(12-18)46-30(36,37)38)44-19-5-8-39(9-6-19)15-17-10-24(32)23(14-22(17)16-3-4-16)26(41)40-7-1-2-25(40)27(42)45-28(43)29(33,34)35/h10-14,16,19,25H,1-9,15H2/t25-/m0/s1. The molecule has 0 N–H and O–H groups in total. The van der Waals surface area contributed by atoms with Gasteiger partial charge in [0.1, 0.15) is 29.5 Å². The van der Waals surface area contributed by atoms with Crippen molar-refractivity contribution < 1.29 is 59.3 Å². The lowest BCUT2D eigenvalue weighted by molar-refractivity contribution is -0.274. The smallest absolute Gasteiger partial charge is 0.490 e. The summed E-state index contributed by atoms with van der Waals surface area (Å²) in [6, 6.07) is 4.75. The van der Waals surface area contributed by atoms with Crippen LogP contribution in [0.25, 0.3) is 0 Å². The van der Waals surface area contributed by atoms with E-state index in [2.05, 4.69) is 14.4 Å². The molecule has 0 unspecified atom stereocenters. The Kier molecular flexibility index (Phi) is 9.73. The van der Waals surface area contributed by atoms with Gasteiger partial charge in [-0.25, -0.2) is 14.0 Å². The molecule has 2 aliphatic heterocycles. The van der Waals surface area contributed by atoms with Crippen LogP contribution in [-0.4, -0.2) is 72.0 Å². The van der Waals surface area contributed by atoms with E-state index in [-0.39, 0.29) is 47.7 Å². The second-order valence-electron chi connectivity index (χ2n) is 11.4.